The Hall–Kier alpha value is -0.640. The van der Waals surface area contributed by atoms with Gasteiger partial charge in [0.2, 0.25) is 5.13 Å². The molecule has 4 heteroatoms. The van der Waals surface area contributed by atoms with E-state index >= 15 is 0 Å². The molecule has 1 aromatic rings. The first kappa shape index (κ1) is 11.8. The highest BCUT2D eigenvalue weighted by Crippen LogP contribution is 2.30. The van der Waals surface area contributed by atoms with Gasteiger partial charge in [-0.1, -0.05) is 20.3 Å². The van der Waals surface area contributed by atoms with Crippen molar-refractivity contribution in [2.45, 2.75) is 46.0 Å². The molecule has 0 bridgehead atoms. The molecule has 0 aliphatic heterocycles. The summed E-state index contributed by atoms with van der Waals surface area (Å²) in [4.78, 5) is 4.48. The molecule has 2 atom stereocenters. The molecule has 1 aliphatic rings. The second-order valence-corrected chi connectivity index (χ2v) is 5.68. The fourth-order valence-electron chi connectivity index (χ4n) is 2.39. The molecule has 2 rings (SSSR count). The summed E-state index contributed by atoms with van der Waals surface area (Å²) in [5, 5.41) is 4.43. The van der Waals surface area contributed by atoms with Crippen molar-refractivity contribution in [3.8, 4) is 0 Å². The number of hydrogen-bond donors (Lipinski definition) is 1. The molecular formula is C12H21N3S. The summed E-state index contributed by atoms with van der Waals surface area (Å²) in [5.74, 6) is 2.75. The highest BCUT2D eigenvalue weighted by atomic mass is 32.1. The number of nitrogens with one attached hydrogen (secondary N) is 1. The second-order valence-electron chi connectivity index (χ2n) is 4.93. The predicted octanol–water partition coefficient (Wildman–Crippen LogP) is 3.34. The normalized spacial score (nSPS) is 24.9. The van der Waals surface area contributed by atoms with Crippen molar-refractivity contribution < 1.29 is 0 Å². The molecule has 2 unspecified atom stereocenters. The van der Waals surface area contributed by atoms with Crippen LogP contribution in [0.15, 0.2) is 0 Å². The third-order valence-corrected chi connectivity index (χ3v) is 4.00. The third kappa shape index (κ3) is 3.17. The zero-order valence-electron chi connectivity index (χ0n) is 10.2. The first-order chi connectivity index (χ1) is 7.78. The summed E-state index contributed by atoms with van der Waals surface area (Å²) in [5.41, 5.74) is 0. The summed E-state index contributed by atoms with van der Waals surface area (Å²) >= 11 is 1.50. The lowest BCUT2D eigenvalue weighted by Gasteiger charge is -2.09. The molecule has 16 heavy (non-hydrogen) atoms. The number of anilines is 1. The van der Waals surface area contributed by atoms with E-state index in [1.807, 2.05) is 0 Å². The van der Waals surface area contributed by atoms with E-state index in [1.54, 1.807) is 0 Å². The van der Waals surface area contributed by atoms with Crippen molar-refractivity contribution in [2.24, 2.45) is 11.8 Å². The number of nitrogens with zero attached hydrogens (tertiary/aromatic N) is 2. The van der Waals surface area contributed by atoms with Gasteiger partial charge in [0.15, 0.2) is 0 Å². The average molecular weight is 239 g/mol. The van der Waals surface area contributed by atoms with Crippen molar-refractivity contribution in [2.75, 3.05) is 11.9 Å². The Bertz CT molecular complexity index is 324. The zero-order valence-corrected chi connectivity index (χ0v) is 11.0. The molecule has 1 saturated carbocycles. The standard InChI is InChI=1S/C12H21N3S/c1-3-4-11-14-12(16-15-11)13-8-10-6-5-9(2)7-10/h9-10H,3-8H2,1-2H3,(H,13,14,15). The molecule has 0 aromatic carbocycles. The average Bonchev–Trinajstić information content (AvgIpc) is 2.85. The van der Waals surface area contributed by atoms with Crippen molar-refractivity contribution in [3.05, 3.63) is 5.82 Å². The number of hydrogen-bond acceptors (Lipinski definition) is 4. The molecule has 1 heterocycles. The van der Waals surface area contributed by atoms with Crippen LogP contribution in [0.5, 0.6) is 0 Å². The maximum atomic E-state index is 4.48. The van der Waals surface area contributed by atoms with Crippen LogP contribution in [0.2, 0.25) is 0 Å². The molecule has 1 N–H and O–H groups in total. The highest BCUT2D eigenvalue weighted by molar-refractivity contribution is 7.09. The molecule has 0 amide bonds. The first-order valence-corrected chi connectivity index (χ1v) is 7.11. The van der Waals surface area contributed by atoms with Gasteiger partial charge in [0, 0.05) is 24.5 Å². The van der Waals surface area contributed by atoms with E-state index in [0.29, 0.717) is 0 Å². The van der Waals surface area contributed by atoms with Crippen LogP contribution in [0, 0.1) is 11.8 Å². The monoisotopic (exact) mass is 239 g/mol. The molecule has 1 aromatic heterocycles. The molecule has 1 aliphatic carbocycles. The molecule has 0 radical (unpaired) electrons. The number of aromatic nitrogens is 2. The summed E-state index contributed by atoms with van der Waals surface area (Å²) in [6.45, 7) is 5.59. The van der Waals surface area contributed by atoms with E-state index in [0.717, 1.165) is 42.2 Å². The lowest BCUT2D eigenvalue weighted by Crippen LogP contribution is -2.11. The van der Waals surface area contributed by atoms with Crippen LogP contribution < -0.4 is 5.32 Å². The minimum absolute atomic E-state index is 0.841. The van der Waals surface area contributed by atoms with Crippen molar-refractivity contribution in [1.29, 1.82) is 0 Å². The molecule has 1 fully saturated rings. The fraction of sp³-hybridized carbons (Fsp3) is 0.833. The van der Waals surface area contributed by atoms with Gasteiger partial charge in [0.1, 0.15) is 5.82 Å². The SMILES string of the molecule is CCCc1nsc(NCC2CCC(C)C2)n1. The van der Waals surface area contributed by atoms with Crippen LogP contribution in [0.1, 0.15) is 45.4 Å². The second kappa shape index (κ2) is 5.62. The Kier molecular flexibility index (Phi) is 4.16. The van der Waals surface area contributed by atoms with Crippen molar-refractivity contribution in [1.82, 2.24) is 9.36 Å². The number of aryl methyl sites for hydroxylation is 1. The molecule has 3 nitrogen and oxygen atoms in total. The van der Waals surface area contributed by atoms with Gasteiger partial charge in [-0.05, 0) is 31.1 Å². The largest absolute Gasteiger partial charge is 0.360 e. The molecule has 0 saturated heterocycles. The van der Waals surface area contributed by atoms with Crippen LogP contribution in [0.25, 0.3) is 0 Å². The Morgan fingerprint density at radius 1 is 1.44 bits per heavy atom. The Morgan fingerprint density at radius 3 is 3.00 bits per heavy atom. The van der Waals surface area contributed by atoms with E-state index in [9.17, 15) is 0 Å². The topological polar surface area (TPSA) is 37.8 Å². The fourth-order valence-corrected chi connectivity index (χ4v) is 3.01. The maximum absolute atomic E-state index is 4.48. The minimum Gasteiger partial charge on any atom is -0.360 e. The quantitative estimate of drug-likeness (QED) is 0.856. The van der Waals surface area contributed by atoms with Gasteiger partial charge in [-0.2, -0.15) is 4.37 Å². The van der Waals surface area contributed by atoms with Crippen LogP contribution >= 0.6 is 11.5 Å². The molecule has 0 spiro atoms. The highest BCUT2D eigenvalue weighted by Gasteiger charge is 2.21. The van der Waals surface area contributed by atoms with E-state index in [-0.39, 0.29) is 0 Å². The summed E-state index contributed by atoms with van der Waals surface area (Å²) in [6.07, 6.45) is 6.25. The summed E-state index contributed by atoms with van der Waals surface area (Å²) in [6, 6.07) is 0. The lowest BCUT2D eigenvalue weighted by molar-refractivity contribution is 0.537. The third-order valence-electron chi connectivity index (χ3n) is 3.29. The van der Waals surface area contributed by atoms with Gasteiger partial charge in [-0.15, -0.1) is 0 Å². The Labute approximate surface area is 102 Å². The van der Waals surface area contributed by atoms with Crippen LogP contribution in [0.4, 0.5) is 5.13 Å². The summed E-state index contributed by atoms with van der Waals surface area (Å²) in [7, 11) is 0. The Balaban J connectivity index is 1.76. The van der Waals surface area contributed by atoms with Crippen LogP contribution in [-0.4, -0.2) is 15.9 Å². The molecule has 90 valence electrons. The van der Waals surface area contributed by atoms with Crippen LogP contribution in [-0.2, 0) is 6.42 Å². The summed E-state index contributed by atoms with van der Waals surface area (Å²) < 4.78 is 4.33. The van der Waals surface area contributed by atoms with Gasteiger partial charge in [0.05, 0.1) is 0 Å². The van der Waals surface area contributed by atoms with Gasteiger partial charge < -0.3 is 5.32 Å². The van der Waals surface area contributed by atoms with Gasteiger partial charge in [-0.25, -0.2) is 4.98 Å². The van der Waals surface area contributed by atoms with Gasteiger partial charge in [-0.3, -0.25) is 0 Å². The zero-order chi connectivity index (χ0) is 11.4. The van der Waals surface area contributed by atoms with E-state index in [1.165, 1.54) is 30.8 Å². The van der Waals surface area contributed by atoms with Gasteiger partial charge in [0.25, 0.3) is 0 Å². The van der Waals surface area contributed by atoms with Crippen molar-refractivity contribution in [3.63, 3.8) is 0 Å². The van der Waals surface area contributed by atoms with E-state index < -0.39 is 0 Å². The minimum atomic E-state index is 0.841. The van der Waals surface area contributed by atoms with E-state index in [2.05, 4.69) is 28.5 Å². The van der Waals surface area contributed by atoms with Crippen LogP contribution in [0.3, 0.4) is 0 Å². The maximum Gasteiger partial charge on any atom is 0.202 e. The predicted molar refractivity (Wildman–Crippen MR) is 68.9 cm³/mol. The molecular weight excluding hydrogens is 218 g/mol. The smallest absolute Gasteiger partial charge is 0.202 e. The number of rotatable bonds is 5. The Morgan fingerprint density at radius 2 is 2.31 bits per heavy atom. The first-order valence-electron chi connectivity index (χ1n) is 6.34. The van der Waals surface area contributed by atoms with E-state index in [4.69, 9.17) is 0 Å². The lowest BCUT2D eigenvalue weighted by atomic mass is 10.1. The van der Waals surface area contributed by atoms with Crippen molar-refractivity contribution >= 4 is 16.7 Å². The van der Waals surface area contributed by atoms with Gasteiger partial charge >= 0.3 is 0 Å².